The molecule has 1 N–H and O–H groups in total. The number of anilines is 1. The fraction of sp³-hybridized carbons (Fsp3) is 0.0833. The van der Waals surface area contributed by atoms with Crippen molar-refractivity contribution in [1.29, 1.82) is 5.26 Å². The predicted octanol–water partition coefficient (Wildman–Crippen LogP) is 6.03. The Labute approximate surface area is 208 Å². The van der Waals surface area contributed by atoms with E-state index in [2.05, 4.69) is 50.5 Å². The Kier molecular flexibility index (Phi) is 8.31. The summed E-state index contributed by atoms with van der Waals surface area (Å²) in [4.78, 5) is 12.5. The first-order chi connectivity index (χ1) is 15.0. The number of hydrogen-bond acceptors (Lipinski definition) is 4. The van der Waals surface area contributed by atoms with Crippen LogP contribution >= 0.6 is 45.2 Å². The largest absolute Gasteiger partial charge is 0.497 e. The molecule has 1 amide bonds. The van der Waals surface area contributed by atoms with E-state index >= 15 is 0 Å². The number of amides is 1. The molecule has 3 rings (SSSR count). The lowest BCUT2D eigenvalue weighted by Gasteiger charge is -2.12. The molecule has 0 aromatic heterocycles. The van der Waals surface area contributed by atoms with Crippen LogP contribution in [0.4, 0.5) is 5.69 Å². The molecule has 0 aliphatic heterocycles. The lowest BCUT2D eigenvalue weighted by molar-refractivity contribution is -0.112. The van der Waals surface area contributed by atoms with Crippen LogP contribution in [0, 0.1) is 18.5 Å². The summed E-state index contributed by atoms with van der Waals surface area (Å²) in [6.45, 7) is 0.468. The molecule has 3 aromatic rings. The summed E-state index contributed by atoms with van der Waals surface area (Å²) in [5.74, 6) is 0.998. The Hall–Kier alpha value is -2.58. The molecule has 0 saturated carbocycles. The number of carbonyl (C=O) groups is 1. The molecule has 0 unspecified atom stereocenters. The van der Waals surface area contributed by atoms with Crippen LogP contribution < -0.4 is 14.8 Å². The van der Waals surface area contributed by atoms with Crippen molar-refractivity contribution in [2.45, 2.75) is 6.61 Å². The third-order valence-corrected chi connectivity index (χ3v) is 5.87. The van der Waals surface area contributed by atoms with Crippen molar-refractivity contribution < 1.29 is 14.3 Å². The quantitative estimate of drug-likeness (QED) is 0.196. The van der Waals surface area contributed by atoms with Crippen LogP contribution in [-0.4, -0.2) is 13.0 Å². The first-order valence-electron chi connectivity index (χ1n) is 9.23. The van der Waals surface area contributed by atoms with Gasteiger partial charge in [-0.25, -0.2) is 0 Å². The number of carbonyl (C=O) groups excluding carboxylic acids is 1. The second kappa shape index (κ2) is 11.2. The molecule has 0 radical (unpaired) electrons. The van der Waals surface area contributed by atoms with Crippen LogP contribution in [0.25, 0.3) is 6.08 Å². The number of hydrogen-bond donors (Lipinski definition) is 1. The fourth-order valence-corrected chi connectivity index (χ4v) is 4.85. The maximum Gasteiger partial charge on any atom is 0.266 e. The summed E-state index contributed by atoms with van der Waals surface area (Å²) >= 11 is 4.40. The molecule has 0 spiro atoms. The van der Waals surface area contributed by atoms with Crippen LogP contribution in [0.2, 0.25) is 0 Å². The van der Waals surface area contributed by atoms with Crippen molar-refractivity contribution in [3.05, 3.63) is 90.6 Å². The van der Waals surface area contributed by atoms with Crippen molar-refractivity contribution >= 4 is 62.9 Å². The number of methoxy groups -OCH3 is 1. The van der Waals surface area contributed by atoms with Crippen LogP contribution in [0.15, 0.2) is 72.3 Å². The average Bonchev–Trinajstić information content (AvgIpc) is 2.78. The normalized spacial score (nSPS) is 10.8. The second-order valence-corrected chi connectivity index (χ2v) is 8.76. The molecule has 156 valence electrons. The Morgan fingerprint density at radius 2 is 1.71 bits per heavy atom. The van der Waals surface area contributed by atoms with Crippen LogP contribution in [0.1, 0.15) is 11.1 Å². The number of nitriles is 1. The highest BCUT2D eigenvalue weighted by atomic mass is 127. The van der Waals surface area contributed by atoms with Crippen molar-refractivity contribution in [2.75, 3.05) is 12.4 Å². The predicted molar refractivity (Wildman–Crippen MR) is 138 cm³/mol. The van der Waals surface area contributed by atoms with Gasteiger partial charge in [-0.2, -0.15) is 5.26 Å². The number of nitrogens with zero attached hydrogens (tertiary/aromatic N) is 1. The Balaban J connectivity index is 1.75. The molecular formula is C24H18I2N2O3. The summed E-state index contributed by atoms with van der Waals surface area (Å²) in [5, 5.41) is 12.2. The average molecular weight is 636 g/mol. The van der Waals surface area contributed by atoms with E-state index in [0.717, 1.165) is 24.0 Å². The molecule has 7 heteroatoms. The first-order valence-corrected chi connectivity index (χ1v) is 11.4. The van der Waals surface area contributed by atoms with Crippen molar-refractivity contribution in [1.82, 2.24) is 0 Å². The SMILES string of the molecule is COc1ccc(NC(=O)/C(C#N)=C\c2cc(I)c(OCc3ccccc3)c(I)c2)cc1. The standard InChI is InChI=1S/C24H18I2N2O3/c1-30-20-9-7-19(8-10-20)28-24(29)18(14-27)11-17-12-21(25)23(22(26)13-17)31-15-16-5-3-2-4-6-16/h2-13H,15H2,1H3,(H,28,29)/b18-11-. The minimum absolute atomic E-state index is 0.0142. The van der Waals surface area contributed by atoms with Gasteiger partial charge in [-0.05, 0) is 98.8 Å². The second-order valence-electron chi connectivity index (χ2n) is 6.44. The summed E-state index contributed by atoms with van der Waals surface area (Å²) in [7, 11) is 1.57. The van der Waals surface area contributed by atoms with E-state index < -0.39 is 5.91 Å². The van der Waals surface area contributed by atoms with Gasteiger partial charge in [0.15, 0.2) is 0 Å². The maximum atomic E-state index is 12.5. The van der Waals surface area contributed by atoms with E-state index in [1.165, 1.54) is 0 Å². The van der Waals surface area contributed by atoms with Crippen molar-refractivity contribution in [3.8, 4) is 17.6 Å². The van der Waals surface area contributed by atoms with Gasteiger partial charge in [-0.1, -0.05) is 30.3 Å². The Morgan fingerprint density at radius 3 is 2.29 bits per heavy atom. The highest BCUT2D eigenvalue weighted by Gasteiger charge is 2.13. The van der Waals surface area contributed by atoms with E-state index in [4.69, 9.17) is 9.47 Å². The molecule has 3 aromatic carbocycles. The van der Waals surface area contributed by atoms with E-state index in [1.807, 2.05) is 48.5 Å². The van der Waals surface area contributed by atoms with E-state index in [9.17, 15) is 10.1 Å². The summed E-state index contributed by atoms with van der Waals surface area (Å²) in [6, 6.07) is 22.6. The number of halogens is 2. The molecule has 0 aliphatic rings. The molecule has 0 atom stereocenters. The van der Waals surface area contributed by atoms with Gasteiger partial charge in [0, 0.05) is 5.69 Å². The van der Waals surface area contributed by atoms with Gasteiger partial charge in [-0.15, -0.1) is 0 Å². The lowest BCUT2D eigenvalue weighted by atomic mass is 10.1. The number of rotatable bonds is 7. The molecule has 0 bridgehead atoms. The van der Waals surface area contributed by atoms with Crippen LogP contribution in [0.3, 0.4) is 0 Å². The molecule has 0 aliphatic carbocycles. The van der Waals surface area contributed by atoms with Gasteiger partial charge < -0.3 is 14.8 Å². The van der Waals surface area contributed by atoms with Crippen LogP contribution in [0.5, 0.6) is 11.5 Å². The minimum atomic E-state index is -0.470. The smallest absolute Gasteiger partial charge is 0.266 e. The number of ether oxygens (including phenoxy) is 2. The van der Waals surface area contributed by atoms with Gasteiger partial charge in [-0.3, -0.25) is 4.79 Å². The monoisotopic (exact) mass is 636 g/mol. The fourth-order valence-electron chi connectivity index (χ4n) is 2.72. The first kappa shape index (κ1) is 23.1. The highest BCUT2D eigenvalue weighted by Crippen LogP contribution is 2.30. The number of benzene rings is 3. The zero-order chi connectivity index (χ0) is 22.2. The highest BCUT2D eigenvalue weighted by molar-refractivity contribution is 14.1. The zero-order valence-corrected chi connectivity index (χ0v) is 20.9. The molecule has 0 fully saturated rings. The minimum Gasteiger partial charge on any atom is -0.497 e. The van der Waals surface area contributed by atoms with Gasteiger partial charge in [0.25, 0.3) is 5.91 Å². The molecule has 0 saturated heterocycles. The third-order valence-electron chi connectivity index (χ3n) is 4.27. The zero-order valence-electron chi connectivity index (χ0n) is 16.6. The molecule has 0 heterocycles. The lowest BCUT2D eigenvalue weighted by Crippen LogP contribution is -2.13. The van der Waals surface area contributed by atoms with Gasteiger partial charge in [0.2, 0.25) is 0 Å². The summed E-state index contributed by atoms with van der Waals surface area (Å²) in [6.07, 6.45) is 1.57. The number of nitrogens with one attached hydrogen (secondary N) is 1. The maximum absolute atomic E-state index is 12.5. The van der Waals surface area contributed by atoms with Gasteiger partial charge >= 0.3 is 0 Å². The Bertz CT molecular complexity index is 1110. The van der Waals surface area contributed by atoms with Gasteiger partial charge in [0.1, 0.15) is 29.7 Å². The van der Waals surface area contributed by atoms with Crippen molar-refractivity contribution in [2.24, 2.45) is 0 Å². The molecular weight excluding hydrogens is 618 g/mol. The molecule has 5 nitrogen and oxygen atoms in total. The van der Waals surface area contributed by atoms with E-state index in [-0.39, 0.29) is 5.57 Å². The Morgan fingerprint density at radius 1 is 1.06 bits per heavy atom. The van der Waals surface area contributed by atoms with Crippen LogP contribution in [-0.2, 0) is 11.4 Å². The third kappa shape index (κ3) is 6.45. The van der Waals surface area contributed by atoms with E-state index in [0.29, 0.717) is 18.0 Å². The van der Waals surface area contributed by atoms with E-state index in [1.54, 1.807) is 37.5 Å². The summed E-state index contributed by atoms with van der Waals surface area (Å²) < 4.78 is 12.9. The van der Waals surface area contributed by atoms with Gasteiger partial charge in [0.05, 0.1) is 14.3 Å². The summed E-state index contributed by atoms with van der Waals surface area (Å²) in [5.41, 5.74) is 2.43. The topological polar surface area (TPSA) is 71.3 Å². The van der Waals surface area contributed by atoms with Crippen molar-refractivity contribution in [3.63, 3.8) is 0 Å². The molecule has 31 heavy (non-hydrogen) atoms.